The fraction of sp³-hybridized carbons (Fsp3) is 0.786. The normalized spacial score (nSPS) is 25.7. The third-order valence-electron chi connectivity index (χ3n) is 4.21. The fourth-order valence-corrected chi connectivity index (χ4v) is 3.22. The van der Waals surface area contributed by atoms with Gasteiger partial charge in [-0.15, -0.1) is 0 Å². The van der Waals surface area contributed by atoms with Crippen molar-refractivity contribution < 1.29 is 27.6 Å². The summed E-state index contributed by atoms with van der Waals surface area (Å²) in [6.45, 7) is 3.93. The number of carbonyl (C=O) groups excluding carboxylic acids is 3. The van der Waals surface area contributed by atoms with Gasteiger partial charge in [0.15, 0.2) is 0 Å². The molecule has 2 rings (SSSR count). The minimum Gasteiger partial charge on any atom is -0.353 e. The van der Waals surface area contributed by atoms with Gasteiger partial charge in [0.2, 0.25) is 11.8 Å². The predicted molar refractivity (Wildman–Crippen MR) is 74.1 cm³/mol. The van der Waals surface area contributed by atoms with Crippen molar-refractivity contribution in [1.82, 2.24) is 15.1 Å². The number of alkyl halides is 3. The maximum atomic E-state index is 12.7. The molecule has 2 aliphatic rings. The van der Waals surface area contributed by atoms with Crippen LogP contribution >= 0.6 is 0 Å². The Morgan fingerprint density at radius 1 is 1.22 bits per heavy atom. The number of hydrogen-bond donors (Lipinski definition) is 1. The van der Waals surface area contributed by atoms with Gasteiger partial charge in [0.1, 0.15) is 12.1 Å². The molecule has 0 saturated carbocycles. The number of rotatable bonds is 2. The van der Waals surface area contributed by atoms with E-state index in [1.54, 1.807) is 13.8 Å². The van der Waals surface area contributed by atoms with Gasteiger partial charge in [-0.25, -0.2) is 0 Å². The van der Waals surface area contributed by atoms with E-state index in [-0.39, 0.29) is 37.9 Å². The summed E-state index contributed by atoms with van der Waals surface area (Å²) < 4.78 is 38.0. The molecule has 0 spiro atoms. The lowest BCUT2D eigenvalue weighted by molar-refractivity contribution is -0.187. The van der Waals surface area contributed by atoms with E-state index in [0.717, 1.165) is 0 Å². The van der Waals surface area contributed by atoms with E-state index in [9.17, 15) is 27.6 Å². The molecule has 2 atom stereocenters. The van der Waals surface area contributed by atoms with Crippen LogP contribution in [0.4, 0.5) is 13.2 Å². The van der Waals surface area contributed by atoms with Crippen molar-refractivity contribution in [2.45, 2.75) is 44.9 Å². The molecule has 2 fully saturated rings. The number of nitrogens with zero attached hydrogens (tertiary/aromatic N) is 2. The zero-order valence-corrected chi connectivity index (χ0v) is 13.0. The number of halogens is 3. The van der Waals surface area contributed by atoms with Crippen molar-refractivity contribution in [1.29, 1.82) is 0 Å². The third-order valence-corrected chi connectivity index (χ3v) is 4.21. The zero-order valence-electron chi connectivity index (χ0n) is 13.0. The first kappa shape index (κ1) is 17.6. The maximum absolute atomic E-state index is 12.7. The van der Waals surface area contributed by atoms with Crippen molar-refractivity contribution in [3.05, 3.63) is 0 Å². The minimum atomic E-state index is -5.00. The SMILES string of the molecule is CC(C)C1C(=O)NCCN1C(=O)C1CCCN1C(=O)C(F)(F)F. The smallest absolute Gasteiger partial charge is 0.353 e. The topological polar surface area (TPSA) is 69.7 Å². The first-order chi connectivity index (χ1) is 10.6. The van der Waals surface area contributed by atoms with Crippen LogP contribution in [0.3, 0.4) is 0 Å². The molecule has 3 amide bonds. The monoisotopic (exact) mass is 335 g/mol. The second-order valence-electron chi connectivity index (χ2n) is 6.17. The summed E-state index contributed by atoms with van der Waals surface area (Å²) in [6.07, 6.45) is -4.48. The molecule has 0 aromatic carbocycles. The summed E-state index contributed by atoms with van der Waals surface area (Å²) >= 11 is 0. The summed E-state index contributed by atoms with van der Waals surface area (Å²) in [7, 11) is 0. The van der Waals surface area contributed by atoms with Gasteiger partial charge in [-0.05, 0) is 18.8 Å². The molecule has 0 radical (unpaired) electrons. The molecule has 0 aliphatic carbocycles. The summed E-state index contributed by atoms with van der Waals surface area (Å²) in [5.41, 5.74) is 0. The van der Waals surface area contributed by atoms with Crippen LogP contribution in [-0.2, 0) is 14.4 Å². The Labute approximate surface area is 132 Å². The van der Waals surface area contributed by atoms with E-state index in [1.165, 1.54) is 4.90 Å². The number of amides is 3. The molecule has 0 aromatic rings. The van der Waals surface area contributed by atoms with Gasteiger partial charge in [-0.3, -0.25) is 14.4 Å². The Hall–Kier alpha value is -1.80. The molecule has 6 nitrogen and oxygen atoms in total. The lowest BCUT2D eigenvalue weighted by atomic mass is 9.98. The van der Waals surface area contributed by atoms with E-state index in [2.05, 4.69) is 5.32 Å². The van der Waals surface area contributed by atoms with E-state index < -0.39 is 30.1 Å². The van der Waals surface area contributed by atoms with Gasteiger partial charge in [-0.2, -0.15) is 13.2 Å². The highest BCUT2D eigenvalue weighted by molar-refractivity contribution is 5.94. The highest BCUT2D eigenvalue weighted by Gasteiger charge is 2.49. The number of carbonyl (C=O) groups is 3. The van der Waals surface area contributed by atoms with Crippen molar-refractivity contribution in [2.24, 2.45) is 5.92 Å². The van der Waals surface area contributed by atoms with Crippen LogP contribution < -0.4 is 5.32 Å². The Balaban J connectivity index is 2.20. The second-order valence-corrected chi connectivity index (χ2v) is 6.17. The van der Waals surface area contributed by atoms with Crippen molar-refractivity contribution in [3.8, 4) is 0 Å². The van der Waals surface area contributed by atoms with Crippen LogP contribution in [0, 0.1) is 5.92 Å². The Morgan fingerprint density at radius 3 is 2.43 bits per heavy atom. The van der Waals surface area contributed by atoms with Crippen molar-refractivity contribution in [2.75, 3.05) is 19.6 Å². The van der Waals surface area contributed by atoms with Crippen LogP contribution in [0.2, 0.25) is 0 Å². The maximum Gasteiger partial charge on any atom is 0.471 e. The molecule has 2 heterocycles. The van der Waals surface area contributed by atoms with Gasteiger partial charge in [-0.1, -0.05) is 13.8 Å². The van der Waals surface area contributed by atoms with E-state index in [0.29, 0.717) is 11.3 Å². The molecular weight excluding hydrogens is 315 g/mol. The van der Waals surface area contributed by atoms with Crippen molar-refractivity contribution in [3.63, 3.8) is 0 Å². The van der Waals surface area contributed by atoms with Crippen molar-refractivity contribution >= 4 is 17.7 Å². The largest absolute Gasteiger partial charge is 0.471 e. The Morgan fingerprint density at radius 2 is 1.87 bits per heavy atom. The summed E-state index contributed by atoms with van der Waals surface area (Å²) in [5.74, 6) is -3.05. The molecule has 2 unspecified atom stereocenters. The molecule has 23 heavy (non-hydrogen) atoms. The highest BCUT2D eigenvalue weighted by atomic mass is 19.4. The van der Waals surface area contributed by atoms with E-state index in [4.69, 9.17) is 0 Å². The number of hydrogen-bond acceptors (Lipinski definition) is 3. The van der Waals surface area contributed by atoms with Crippen LogP contribution in [-0.4, -0.2) is 65.4 Å². The van der Waals surface area contributed by atoms with Gasteiger partial charge in [0.25, 0.3) is 0 Å². The standard InChI is InChI=1S/C14H20F3N3O3/c1-8(2)10-11(21)18-5-7-20(10)12(22)9-4-3-6-19(9)13(23)14(15,16)17/h8-10H,3-7H2,1-2H3,(H,18,21). The predicted octanol–water partition coefficient (Wildman–Crippen LogP) is 0.523. The third kappa shape index (κ3) is 3.42. The molecule has 2 aliphatic heterocycles. The summed E-state index contributed by atoms with van der Waals surface area (Å²) in [6, 6.07) is -1.86. The highest BCUT2D eigenvalue weighted by Crippen LogP contribution is 2.28. The molecule has 0 bridgehead atoms. The van der Waals surface area contributed by atoms with Crippen LogP contribution in [0.1, 0.15) is 26.7 Å². The lowest BCUT2D eigenvalue weighted by Gasteiger charge is -2.39. The van der Waals surface area contributed by atoms with Crippen LogP contribution in [0.25, 0.3) is 0 Å². The summed E-state index contributed by atoms with van der Waals surface area (Å²) in [4.78, 5) is 38.1. The number of nitrogens with one attached hydrogen (secondary N) is 1. The average molecular weight is 335 g/mol. The van der Waals surface area contributed by atoms with Gasteiger partial charge in [0, 0.05) is 19.6 Å². The number of likely N-dealkylation sites (tertiary alicyclic amines) is 1. The van der Waals surface area contributed by atoms with Crippen LogP contribution in [0.15, 0.2) is 0 Å². The first-order valence-electron chi connectivity index (χ1n) is 7.60. The summed E-state index contributed by atoms with van der Waals surface area (Å²) in [5, 5.41) is 2.65. The molecule has 2 saturated heterocycles. The van der Waals surface area contributed by atoms with Gasteiger partial charge < -0.3 is 15.1 Å². The Bertz CT molecular complexity index is 507. The quantitative estimate of drug-likeness (QED) is 0.800. The zero-order chi connectivity index (χ0) is 17.4. The molecule has 1 N–H and O–H groups in total. The minimum absolute atomic E-state index is 0.0961. The van der Waals surface area contributed by atoms with E-state index in [1.807, 2.05) is 0 Å². The molecule has 9 heteroatoms. The molecule has 130 valence electrons. The second kappa shape index (κ2) is 6.37. The molecule has 0 aromatic heterocycles. The first-order valence-corrected chi connectivity index (χ1v) is 7.60. The van der Waals surface area contributed by atoms with E-state index >= 15 is 0 Å². The number of piperazine rings is 1. The average Bonchev–Trinajstić information content (AvgIpc) is 2.93. The fourth-order valence-electron chi connectivity index (χ4n) is 3.22. The van der Waals surface area contributed by atoms with Gasteiger partial charge >= 0.3 is 12.1 Å². The van der Waals surface area contributed by atoms with Gasteiger partial charge in [0.05, 0.1) is 0 Å². The Kier molecular flexibility index (Phi) is 4.86. The van der Waals surface area contributed by atoms with Crippen LogP contribution in [0.5, 0.6) is 0 Å². The molecular formula is C14H20F3N3O3. The lowest BCUT2D eigenvalue weighted by Crippen LogP contribution is -2.62.